The maximum atomic E-state index is 13.4. The van der Waals surface area contributed by atoms with E-state index in [-0.39, 0.29) is 28.3 Å². The van der Waals surface area contributed by atoms with Crippen LogP contribution in [0.15, 0.2) is 17.0 Å². The van der Waals surface area contributed by atoms with E-state index in [4.69, 9.17) is 14.2 Å². The number of anilines is 1. The Morgan fingerprint density at radius 3 is 2.15 bits per heavy atom. The molecule has 4 rings (SSSR count). The smallest absolute Gasteiger partial charge is 0.496 e. The van der Waals surface area contributed by atoms with Crippen LogP contribution in [-0.2, 0) is 30.3 Å². The first-order valence-corrected chi connectivity index (χ1v) is 16.3. The van der Waals surface area contributed by atoms with Crippen LogP contribution in [0.25, 0.3) is 17.1 Å². The summed E-state index contributed by atoms with van der Waals surface area (Å²) in [6, 6.07) is 0. The van der Waals surface area contributed by atoms with Gasteiger partial charge in [-0.1, -0.05) is 11.8 Å². The SMILES string of the molecule is COc1c(C)cnc(Cn2nc3c4c(nc(N(C(=O)OC(C)(C)C)C(=O)OC(C)(C)C)nc42)SCC(OS(=O)(=O)C(F)(F)F)=C3)c1C. The maximum Gasteiger partial charge on any atom is 0.534 e. The van der Waals surface area contributed by atoms with E-state index in [0.29, 0.717) is 21.9 Å². The Balaban J connectivity index is 1.95. The third kappa shape index (κ3) is 7.89. The molecule has 4 heterocycles. The van der Waals surface area contributed by atoms with E-state index < -0.39 is 56.5 Å². The number of imide groups is 1. The number of halogens is 3. The van der Waals surface area contributed by atoms with Crippen molar-refractivity contribution < 1.29 is 49.6 Å². The third-order valence-corrected chi connectivity index (χ3v) is 8.12. The molecule has 0 radical (unpaired) electrons. The van der Waals surface area contributed by atoms with Crippen molar-refractivity contribution in [3.8, 4) is 5.75 Å². The molecular formula is C28H33F3N6O8S2. The molecule has 0 bridgehead atoms. The first kappa shape index (κ1) is 35.7. The van der Waals surface area contributed by atoms with Crippen LogP contribution < -0.4 is 9.64 Å². The van der Waals surface area contributed by atoms with Crippen LogP contribution in [0.4, 0.5) is 28.7 Å². The van der Waals surface area contributed by atoms with Gasteiger partial charge in [0.15, 0.2) is 5.65 Å². The van der Waals surface area contributed by atoms with Crippen LogP contribution in [0.2, 0.25) is 0 Å². The molecule has 19 heteroatoms. The van der Waals surface area contributed by atoms with Crippen molar-refractivity contribution in [2.75, 3.05) is 17.8 Å². The molecule has 47 heavy (non-hydrogen) atoms. The van der Waals surface area contributed by atoms with Gasteiger partial charge in [0.05, 0.1) is 30.5 Å². The minimum atomic E-state index is -6.01. The fourth-order valence-corrected chi connectivity index (χ4v) is 5.73. The highest BCUT2D eigenvalue weighted by Crippen LogP contribution is 2.38. The minimum Gasteiger partial charge on any atom is -0.496 e. The number of ether oxygens (including phenoxy) is 3. The minimum absolute atomic E-state index is 0.0292. The molecule has 0 saturated heterocycles. The zero-order valence-corrected chi connectivity index (χ0v) is 28.6. The van der Waals surface area contributed by atoms with E-state index in [2.05, 4.69) is 24.2 Å². The number of rotatable bonds is 6. The summed E-state index contributed by atoms with van der Waals surface area (Å²) in [7, 11) is -4.52. The molecular weight excluding hydrogens is 669 g/mol. The molecule has 0 atom stereocenters. The number of hydrogen-bond acceptors (Lipinski definition) is 13. The number of carbonyl (C=O) groups excluding carboxylic acids is 2. The van der Waals surface area contributed by atoms with Crippen LogP contribution in [0.5, 0.6) is 5.75 Å². The van der Waals surface area contributed by atoms with Crippen molar-refractivity contribution in [1.29, 1.82) is 0 Å². The fraction of sp³-hybridized carbons (Fsp3) is 0.500. The van der Waals surface area contributed by atoms with E-state index in [9.17, 15) is 31.2 Å². The Morgan fingerprint density at radius 2 is 1.62 bits per heavy atom. The molecule has 0 unspecified atom stereocenters. The molecule has 0 aromatic carbocycles. The lowest BCUT2D eigenvalue weighted by atomic mass is 10.1. The molecule has 0 saturated carbocycles. The number of pyridine rings is 1. The molecule has 14 nitrogen and oxygen atoms in total. The highest BCUT2D eigenvalue weighted by molar-refractivity contribution is 7.99. The van der Waals surface area contributed by atoms with Gasteiger partial charge in [0, 0.05) is 23.4 Å². The van der Waals surface area contributed by atoms with Crippen molar-refractivity contribution in [2.24, 2.45) is 0 Å². The molecule has 1 aliphatic heterocycles. The lowest BCUT2D eigenvalue weighted by molar-refractivity contribution is -0.0520. The van der Waals surface area contributed by atoms with E-state index in [1.165, 1.54) is 11.8 Å². The van der Waals surface area contributed by atoms with Crippen molar-refractivity contribution in [1.82, 2.24) is 24.7 Å². The second kappa shape index (κ2) is 12.5. The number of hydrogen-bond donors (Lipinski definition) is 0. The third-order valence-electron chi connectivity index (χ3n) is 6.12. The van der Waals surface area contributed by atoms with Crippen molar-refractivity contribution in [2.45, 2.75) is 83.7 Å². The van der Waals surface area contributed by atoms with Crippen LogP contribution in [0, 0.1) is 13.8 Å². The predicted molar refractivity (Wildman–Crippen MR) is 164 cm³/mol. The topological polar surface area (TPSA) is 165 Å². The van der Waals surface area contributed by atoms with Gasteiger partial charge in [-0.3, -0.25) is 4.98 Å². The average molecular weight is 703 g/mol. The first-order chi connectivity index (χ1) is 21.5. The lowest BCUT2D eigenvalue weighted by Gasteiger charge is -2.27. The summed E-state index contributed by atoms with van der Waals surface area (Å²) < 4.78 is 85.4. The van der Waals surface area contributed by atoms with Gasteiger partial charge in [-0.2, -0.15) is 31.7 Å². The summed E-state index contributed by atoms with van der Waals surface area (Å²) in [4.78, 5) is 40.6. The predicted octanol–water partition coefficient (Wildman–Crippen LogP) is 5.88. The number of amides is 2. The molecule has 2 amide bonds. The number of methoxy groups -OCH3 is 1. The number of aromatic nitrogens is 5. The van der Waals surface area contributed by atoms with Crippen LogP contribution in [0.1, 0.15) is 64.1 Å². The van der Waals surface area contributed by atoms with Gasteiger partial charge in [-0.15, -0.1) is 4.90 Å². The Bertz CT molecular complexity index is 1850. The summed E-state index contributed by atoms with van der Waals surface area (Å²) in [6.07, 6.45) is 0.286. The Kier molecular flexibility index (Phi) is 9.48. The lowest BCUT2D eigenvalue weighted by Crippen LogP contribution is -2.44. The van der Waals surface area contributed by atoms with E-state index >= 15 is 0 Å². The Labute approximate surface area is 272 Å². The Morgan fingerprint density at radius 1 is 1.02 bits per heavy atom. The van der Waals surface area contributed by atoms with Crippen molar-refractivity contribution in [3.05, 3.63) is 34.5 Å². The second-order valence-corrected chi connectivity index (χ2v) is 14.8. The molecule has 3 aromatic heterocycles. The summed E-state index contributed by atoms with van der Waals surface area (Å²) in [5, 5.41) is 4.72. The molecule has 0 N–H and O–H groups in total. The molecule has 1 aliphatic rings. The molecule has 0 fully saturated rings. The quantitative estimate of drug-likeness (QED) is 0.170. The van der Waals surface area contributed by atoms with E-state index in [0.717, 1.165) is 23.4 Å². The second-order valence-electron chi connectivity index (χ2n) is 12.3. The zero-order chi connectivity index (χ0) is 35.3. The molecule has 0 aliphatic carbocycles. The highest BCUT2D eigenvalue weighted by atomic mass is 32.2. The van der Waals surface area contributed by atoms with Gasteiger partial charge in [0.2, 0.25) is 5.95 Å². The monoisotopic (exact) mass is 702 g/mol. The van der Waals surface area contributed by atoms with Gasteiger partial charge in [-0.05, 0) is 55.4 Å². The van der Waals surface area contributed by atoms with Crippen LogP contribution in [0.3, 0.4) is 0 Å². The Hall–Kier alpha value is -4.13. The average Bonchev–Trinajstić information content (AvgIpc) is 3.13. The van der Waals surface area contributed by atoms with Crippen molar-refractivity contribution in [3.63, 3.8) is 0 Å². The van der Waals surface area contributed by atoms with Gasteiger partial charge in [0.1, 0.15) is 33.4 Å². The normalized spacial score (nSPS) is 13.9. The number of thioether (sulfide) groups is 1. The summed E-state index contributed by atoms with van der Waals surface area (Å²) >= 11 is 0.777. The number of nitrogens with zero attached hydrogens (tertiary/aromatic N) is 6. The maximum absolute atomic E-state index is 13.4. The summed E-state index contributed by atoms with van der Waals surface area (Å²) in [5.41, 5.74) is -5.89. The zero-order valence-electron chi connectivity index (χ0n) is 27.0. The standard InChI is InChI=1S/C28H33F3N6O8S2/c1-14-11-32-18(15(2)20(14)42-9)12-36-21-19-17(35-36)10-16(45-47(40,41)28(29,30)31)13-46-22(19)34-23(33-21)37(24(38)43-26(3,4)5)25(39)44-27(6,7)8/h10-11H,12-13H2,1-9H3. The fourth-order valence-electron chi connectivity index (χ4n) is 4.27. The first-order valence-electron chi connectivity index (χ1n) is 13.9. The molecule has 0 spiro atoms. The number of aryl methyl sites for hydroxylation is 1. The molecule has 3 aromatic rings. The van der Waals surface area contributed by atoms with Crippen LogP contribution in [-0.4, -0.2) is 74.9 Å². The summed E-state index contributed by atoms with van der Waals surface area (Å²) in [6.45, 7) is 13.0. The largest absolute Gasteiger partial charge is 0.534 e. The van der Waals surface area contributed by atoms with Gasteiger partial charge in [0.25, 0.3) is 0 Å². The van der Waals surface area contributed by atoms with Crippen molar-refractivity contribution >= 4 is 57.1 Å². The van der Waals surface area contributed by atoms with E-state index in [1.807, 2.05) is 6.92 Å². The van der Waals surface area contributed by atoms with Crippen LogP contribution >= 0.6 is 11.8 Å². The highest BCUT2D eigenvalue weighted by Gasteiger charge is 2.49. The van der Waals surface area contributed by atoms with Gasteiger partial charge in [-0.25, -0.2) is 19.3 Å². The summed E-state index contributed by atoms with van der Waals surface area (Å²) in [5.74, 6) is -0.963. The van der Waals surface area contributed by atoms with Gasteiger partial charge < -0.3 is 18.4 Å². The number of carbonyl (C=O) groups is 2. The van der Waals surface area contributed by atoms with E-state index in [1.54, 1.807) is 54.7 Å². The number of alkyl halides is 3. The molecule has 256 valence electrons. The van der Waals surface area contributed by atoms with Gasteiger partial charge >= 0.3 is 27.8 Å².